The van der Waals surface area contributed by atoms with Crippen LogP contribution in [0.15, 0.2) is 47.4 Å². The maximum atomic E-state index is 12.6. The summed E-state index contributed by atoms with van der Waals surface area (Å²) in [5.74, 6) is -0.363. The van der Waals surface area contributed by atoms with Crippen LogP contribution in [0.1, 0.15) is 35.3 Å². The number of rotatable bonds is 7. The van der Waals surface area contributed by atoms with Crippen LogP contribution in [-0.4, -0.2) is 27.5 Å². The summed E-state index contributed by atoms with van der Waals surface area (Å²) in [7, 11) is -2.28. The van der Waals surface area contributed by atoms with Crippen molar-refractivity contribution in [3.05, 3.63) is 59.2 Å². The fourth-order valence-corrected chi connectivity index (χ4v) is 3.09. The monoisotopic (exact) mass is 376 g/mol. The first-order valence-electron chi connectivity index (χ1n) is 8.29. The Morgan fingerprint density at radius 2 is 1.88 bits per heavy atom. The lowest BCUT2D eigenvalue weighted by atomic mass is 10.1. The fourth-order valence-electron chi connectivity index (χ4n) is 2.33. The molecule has 2 rings (SSSR count). The topological polar surface area (TPSA) is 84.5 Å². The number of anilines is 1. The summed E-state index contributed by atoms with van der Waals surface area (Å²) in [6, 6.07) is 11.8. The van der Waals surface area contributed by atoms with Gasteiger partial charge in [0.25, 0.3) is 5.91 Å². The van der Waals surface area contributed by atoms with Gasteiger partial charge in [0.05, 0.1) is 17.6 Å². The second kappa shape index (κ2) is 8.44. The number of carbonyl (C=O) groups is 1. The lowest BCUT2D eigenvalue weighted by molar-refractivity contribution is 0.0657. The number of benzene rings is 2. The number of nitrogens with one attached hydrogen (secondary N) is 2. The number of amides is 1. The van der Waals surface area contributed by atoms with Crippen molar-refractivity contribution >= 4 is 21.6 Å². The maximum absolute atomic E-state index is 12.6. The molecular weight excluding hydrogens is 352 g/mol. The third kappa shape index (κ3) is 5.14. The lowest BCUT2D eigenvalue weighted by Crippen LogP contribution is -2.20. The van der Waals surface area contributed by atoms with Gasteiger partial charge in [-0.15, -0.1) is 0 Å². The molecule has 0 aliphatic rings. The molecule has 0 heterocycles. The van der Waals surface area contributed by atoms with E-state index in [1.807, 2.05) is 32.0 Å². The van der Waals surface area contributed by atoms with E-state index in [9.17, 15) is 13.2 Å². The second-order valence-corrected chi connectivity index (χ2v) is 8.09. The normalized spacial score (nSPS) is 11.6. The molecule has 0 radical (unpaired) electrons. The summed E-state index contributed by atoms with van der Waals surface area (Å²) < 4.78 is 31.7. The highest BCUT2D eigenvalue weighted by molar-refractivity contribution is 7.89. The Morgan fingerprint density at radius 1 is 1.15 bits per heavy atom. The number of hydrogen-bond donors (Lipinski definition) is 2. The van der Waals surface area contributed by atoms with Gasteiger partial charge >= 0.3 is 0 Å². The Bertz CT molecular complexity index is 892. The summed E-state index contributed by atoms with van der Waals surface area (Å²) in [5.41, 5.74) is 2.57. The van der Waals surface area contributed by atoms with Gasteiger partial charge in [-0.25, -0.2) is 13.1 Å². The first-order valence-corrected chi connectivity index (χ1v) is 9.77. The van der Waals surface area contributed by atoms with Crippen molar-refractivity contribution in [2.24, 2.45) is 0 Å². The van der Waals surface area contributed by atoms with Gasteiger partial charge in [0.1, 0.15) is 0 Å². The molecule has 6 nitrogen and oxygen atoms in total. The average molecular weight is 376 g/mol. The van der Waals surface area contributed by atoms with E-state index < -0.39 is 10.0 Å². The van der Waals surface area contributed by atoms with Gasteiger partial charge in [-0.1, -0.05) is 18.2 Å². The minimum atomic E-state index is -3.61. The van der Waals surface area contributed by atoms with Gasteiger partial charge in [0, 0.05) is 11.3 Å². The molecule has 1 amide bonds. The van der Waals surface area contributed by atoms with Crippen LogP contribution in [0.25, 0.3) is 0 Å². The van der Waals surface area contributed by atoms with Crippen LogP contribution in [-0.2, 0) is 21.4 Å². The molecule has 0 atom stereocenters. The van der Waals surface area contributed by atoms with E-state index in [4.69, 9.17) is 4.74 Å². The number of aryl methyl sites for hydroxylation is 1. The smallest absolute Gasteiger partial charge is 0.255 e. The molecule has 26 heavy (non-hydrogen) atoms. The van der Waals surface area contributed by atoms with Crippen molar-refractivity contribution < 1.29 is 17.9 Å². The third-order valence-corrected chi connectivity index (χ3v) is 5.21. The van der Waals surface area contributed by atoms with E-state index in [0.29, 0.717) is 23.4 Å². The van der Waals surface area contributed by atoms with Gasteiger partial charge in [-0.3, -0.25) is 4.79 Å². The van der Waals surface area contributed by atoms with Crippen LogP contribution in [0.4, 0.5) is 5.69 Å². The van der Waals surface area contributed by atoms with Crippen LogP contribution >= 0.6 is 0 Å². The van der Waals surface area contributed by atoms with E-state index in [2.05, 4.69) is 10.0 Å². The Kier molecular flexibility index (Phi) is 6.52. The third-order valence-electron chi connectivity index (χ3n) is 3.80. The number of carbonyl (C=O) groups excluding carboxylic acids is 1. The molecule has 140 valence electrons. The zero-order valence-electron chi connectivity index (χ0n) is 15.4. The first-order chi connectivity index (χ1) is 12.2. The van der Waals surface area contributed by atoms with Crippen molar-refractivity contribution in [1.29, 1.82) is 0 Å². The summed E-state index contributed by atoms with van der Waals surface area (Å²) in [5, 5.41) is 2.81. The predicted molar refractivity (Wildman–Crippen MR) is 102 cm³/mol. The molecule has 0 aliphatic heterocycles. The number of hydrogen-bond acceptors (Lipinski definition) is 4. The van der Waals surface area contributed by atoms with Crippen molar-refractivity contribution in [3.8, 4) is 0 Å². The minimum Gasteiger partial charge on any atom is -0.374 e. The molecule has 0 bridgehead atoms. The Labute approximate surface area is 154 Å². The largest absolute Gasteiger partial charge is 0.374 e. The van der Waals surface area contributed by atoms with Crippen molar-refractivity contribution in [1.82, 2.24) is 4.72 Å². The van der Waals surface area contributed by atoms with E-state index in [0.717, 1.165) is 5.56 Å². The van der Waals surface area contributed by atoms with Crippen LogP contribution in [0.2, 0.25) is 0 Å². The van der Waals surface area contributed by atoms with Gasteiger partial charge in [0.2, 0.25) is 10.0 Å². The van der Waals surface area contributed by atoms with E-state index >= 15 is 0 Å². The highest BCUT2D eigenvalue weighted by atomic mass is 32.2. The molecule has 0 saturated heterocycles. The molecule has 2 aromatic carbocycles. The van der Waals surface area contributed by atoms with Crippen molar-refractivity contribution in [2.75, 3.05) is 12.4 Å². The van der Waals surface area contributed by atoms with Crippen molar-refractivity contribution in [3.63, 3.8) is 0 Å². The highest BCUT2D eigenvalue weighted by Crippen LogP contribution is 2.18. The predicted octanol–water partition coefficient (Wildman–Crippen LogP) is 3.08. The average Bonchev–Trinajstić information content (AvgIpc) is 2.60. The molecule has 0 aliphatic carbocycles. The Morgan fingerprint density at radius 3 is 2.54 bits per heavy atom. The molecule has 0 saturated carbocycles. The van der Waals surface area contributed by atoms with Crippen LogP contribution < -0.4 is 10.0 Å². The van der Waals surface area contributed by atoms with Crippen LogP contribution in [0, 0.1) is 6.92 Å². The van der Waals surface area contributed by atoms with Gasteiger partial charge in [-0.2, -0.15) is 0 Å². The molecule has 2 aromatic rings. The minimum absolute atomic E-state index is 0.0508. The van der Waals surface area contributed by atoms with Crippen molar-refractivity contribution in [2.45, 2.75) is 38.4 Å². The maximum Gasteiger partial charge on any atom is 0.255 e. The zero-order valence-corrected chi connectivity index (χ0v) is 16.2. The van der Waals surface area contributed by atoms with E-state index in [1.165, 1.54) is 19.2 Å². The number of sulfonamides is 1. The van der Waals surface area contributed by atoms with E-state index in [1.54, 1.807) is 19.1 Å². The van der Waals surface area contributed by atoms with Crippen LogP contribution in [0.3, 0.4) is 0 Å². The molecular formula is C19H24N2O4S. The van der Waals surface area contributed by atoms with Gasteiger partial charge in [-0.05, 0) is 63.2 Å². The molecule has 0 spiro atoms. The zero-order chi connectivity index (χ0) is 19.3. The fraction of sp³-hybridized carbons (Fsp3) is 0.316. The molecule has 7 heteroatoms. The Balaban J connectivity index is 2.22. The van der Waals surface area contributed by atoms with Gasteiger partial charge < -0.3 is 10.1 Å². The summed E-state index contributed by atoms with van der Waals surface area (Å²) >= 11 is 0. The standard InChI is InChI=1S/C19H24N2O4S/c1-13(2)25-12-15-6-5-7-16(10-15)21-19(22)18-11-17(9-8-14(18)3)26(23,24)20-4/h5-11,13,20H,12H2,1-4H3,(H,21,22). The molecule has 2 N–H and O–H groups in total. The SMILES string of the molecule is CNS(=O)(=O)c1ccc(C)c(C(=O)Nc2cccc(COC(C)C)c2)c1. The summed E-state index contributed by atoms with van der Waals surface area (Å²) in [6.07, 6.45) is 0.118. The quantitative estimate of drug-likeness (QED) is 0.778. The summed E-state index contributed by atoms with van der Waals surface area (Å²) in [6.45, 7) is 6.13. The second-order valence-electron chi connectivity index (χ2n) is 6.20. The Hall–Kier alpha value is -2.22. The number of ether oxygens (including phenoxy) is 1. The van der Waals surface area contributed by atoms with E-state index in [-0.39, 0.29) is 16.9 Å². The lowest BCUT2D eigenvalue weighted by Gasteiger charge is -2.12. The highest BCUT2D eigenvalue weighted by Gasteiger charge is 2.16. The summed E-state index contributed by atoms with van der Waals surface area (Å²) in [4.78, 5) is 12.7. The molecule has 0 fully saturated rings. The molecule has 0 unspecified atom stereocenters. The van der Waals surface area contributed by atoms with Crippen LogP contribution in [0.5, 0.6) is 0 Å². The first kappa shape index (κ1) is 20.1. The molecule has 0 aromatic heterocycles. The van der Waals surface area contributed by atoms with Gasteiger partial charge in [0.15, 0.2) is 0 Å².